The molecular formula is C12F10S. The third-order valence-electron chi connectivity index (χ3n) is 3.44. The summed E-state index contributed by atoms with van der Waals surface area (Å²) in [6.07, 6.45) is 0. The Hall–Kier alpha value is -1.65. The Balaban J connectivity index is 2.39. The lowest BCUT2D eigenvalue weighted by molar-refractivity contribution is 0.233. The lowest BCUT2D eigenvalue weighted by Crippen LogP contribution is -2.30. The molecule has 0 saturated carbocycles. The summed E-state index contributed by atoms with van der Waals surface area (Å²) in [6.45, 7) is 0. The molecule has 3 rings (SSSR count). The van der Waals surface area contributed by atoms with Gasteiger partial charge in [0, 0.05) is 0 Å². The molecule has 1 fully saturated rings. The van der Waals surface area contributed by atoms with Crippen molar-refractivity contribution in [2.24, 2.45) is 0 Å². The fourth-order valence-electron chi connectivity index (χ4n) is 2.29. The number of fused-ring (bicyclic) bond motifs is 1. The third-order valence-corrected chi connectivity index (χ3v) is 4.97. The van der Waals surface area contributed by atoms with Crippen molar-refractivity contribution in [1.82, 2.24) is 0 Å². The average Bonchev–Trinajstić information content (AvgIpc) is 3.16. The molecule has 0 spiro atoms. The monoisotopic (exact) mass is 366 g/mol. The van der Waals surface area contributed by atoms with Crippen LogP contribution < -0.4 is 0 Å². The van der Waals surface area contributed by atoms with Gasteiger partial charge in [0.15, 0.2) is 51.3 Å². The zero-order chi connectivity index (χ0) is 17.5. The van der Waals surface area contributed by atoms with E-state index in [4.69, 9.17) is 0 Å². The second-order valence-corrected chi connectivity index (χ2v) is 5.96. The number of allylic oxidation sites excluding steroid dienone is 2. The molecule has 1 aliphatic heterocycles. The van der Waals surface area contributed by atoms with Crippen LogP contribution in [0, 0.1) is 29.1 Å². The second kappa shape index (κ2) is 4.46. The summed E-state index contributed by atoms with van der Waals surface area (Å²) in [7, 11) is 0. The second-order valence-electron chi connectivity index (χ2n) is 4.58. The van der Waals surface area contributed by atoms with Gasteiger partial charge in [0.2, 0.25) is 10.8 Å². The van der Waals surface area contributed by atoms with Gasteiger partial charge in [-0.1, -0.05) is 11.8 Å². The Kier molecular flexibility index (Phi) is 3.14. The lowest BCUT2D eigenvalue weighted by atomic mass is 9.87. The smallest absolute Gasteiger partial charge is 0.221 e. The zero-order valence-corrected chi connectivity index (χ0v) is 11.0. The summed E-state index contributed by atoms with van der Waals surface area (Å²) >= 11 is -0.671. The van der Waals surface area contributed by atoms with Crippen molar-refractivity contribution in [3.63, 3.8) is 0 Å². The topological polar surface area (TPSA) is 0 Å². The molecule has 2 unspecified atom stereocenters. The van der Waals surface area contributed by atoms with Crippen LogP contribution in [0.1, 0.15) is 5.56 Å². The fraction of sp³-hybridized carbons (Fsp3) is 0.167. The average molecular weight is 366 g/mol. The van der Waals surface area contributed by atoms with Gasteiger partial charge in [0.05, 0.1) is 5.56 Å². The molecule has 11 heteroatoms. The van der Waals surface area contributed by atoms with Crippen LogP contribution in [0.3, 0.4) is 0 Å². The van der Waals surface area contributed by atoms with E-state index in [1.165, 1.54) is 0 Å². The number of alkyl halides is 1. The van der Waals surface area contributed by atoms with Gasteiger partial charge in [0.25, 0.3) is 0 Å². The van der Waals surface area contributed by atoms with E-state index in [2.05, 4.69) is 0 Å². The summed E-state index contributed by atoms with van der Waals surface area (Å²) in [5, 5.41) is -3.87. The molecule has 2 atom stereocenters. The Labute approximate surface area is 124 Å². The molecular weight excluding hydrogens is 366 g/mol. The minimum atomic E-state index is -3.87. The number of hydrogen-bond acceptors (Lipinski definition) is 1. The lowest BCUT2D eigenvalue weighted by Gasteiger charge is -2.21. The van der Waals surface area contributed by atoms with Crippen LogP contribution in [0.2, 0.25) is 0 Å². The minimum Gasteiger partial charge on any atom is -0.221 e. The van der Waals surface area contributed by atoms with Crippen LogP contribution in [-0.4, -0.2) is 5.00 Å². The fourth-order valence-corrected chi connectivity index (χ4v) is 3.59. The van der Waals surface area contributed by atoms with Gasteiger partial charge in [-0.05, 0) is 0 Å². The van der Waals surface area contributed by atoms with Crippen molar-refractivity contribution >= 4 is 11.8 Å². The maximum atomic E-state index is 14.3. The van der Waals surface area contributed by atoms with Crippen LogP contribution >= 0.6 is 11.8 Å². The summed E-state index contributed by atoms with van der Waals surface area (Å²) in [6, 6.07) is 0. The Morgan fingerprint density at radius 1 is 0.565 bits per heavy atom. The van der Waals surface area contributed by atoms with Gasteiger partial charge in [-0.3, -0.25) is 0 Å². The highest BCUT2D eigenvalue weighted by Gasteiger charge is 2.82. The highest BCUT2D eigenvalue weighted by molar-refractivity contribution is 8.09. The van der Waals surface area contributed by atoms with E-state index in [-0.39, 0.29) is 0 Å². The van der Waals surface area contributed by atoms with Crippen LogP contribution in [0.5, 0.6) is 0 Å². The van der Waals surface area contributed by atoms with E-state index >= 15 is 0 Å². The Morgan fingerprint density at radius 2 is 0.957 bits per heavy atom. The maximum Gasteiger partial charge on any atom is 0.237 e. The molecule has 1 saturated heterocycles. The quantitative estimate of drug-likeness (QED) is 0.281. The van der Waals surface area contributed by atoms with Crippen LogP contribution in [0.15, 0.2) is 23.3 Å². The van der Waals surface area contributed by atoms with E-state index in [0.29, 0.717) is 0 Å². The van der Waals surface area contributed by atoms with Crippen molar-refractivity contribution < 1.29 is 43.9 Å². The highest BCUT2D eigenvalue weighted by atomic mass is 32.2. The molecule has 2 aliphatic rings. The molecule has 23 heavy (non-hydrogen) atoms. The van der Waals surface area contributed by atoms with Gasteiger partial charge in [0.1, 0.15) is 0 Å². The summed E-state index contributed by atoms with van der Waals surface area (Å²) in [5.74, 6) is -23.4. The first kappa shape index (κ1) is 16.2. The molecule has 124 valence electrons. The van der Waals surface area contributed by atoms with Crippen LogP contribution in [0.4, 0.5) is 43.9 Å². The molecule has 1 aliphatic carbocycles. The summed E-state index contributed by atoms with van der Waals surface area (Å²) in [5.41, 5.74) is -2.13. The largest absolute Gasteiger partial charge is 0.237 e. The van der Waals surface area contributed by atoms with Crippen molar-refractivity contribution in [2.75, 3.05) is 0 Å². The molecule has 0 radical (unpaired) electrons. The number of benzene rings is 1. The molecule has 1 aromatic rings. The molecule has 1 heterocycles. The van der Waals surface area contributed by atoms with E-state index in [9.17, 15) is 43.9 Å². The SMILES string of the molecule is FC1=C(F)C2(F)SC2(c2c(F)c(F)c(F)c(F)c2F)C(F)=C1F. The molecule has 0 amide bonds. The molecule has 0 bridgehead atoms. The standard InChI is InChI=1S/C12F10S/c13-2-1(3(14)5(16)6(17)4(2)15)11-9(20)7(18)8(19)10(21)12(11,22)23-11. The predicted octanol–water partition coefficient (Wildman–Crippen LogP) is 5.30. The van der Waals surface area contributed by atoms with Crippen LogP contribution in [0.25, 0.3) is 0 Å². The first-order valence-corrected chi connectivity index (χ1v) is 6.36. The molecule has 1 aromatic carbocycles. The first-order valence-electron chi connectivity index (χ1n) is 5.55. The highest BCUT2D eigenvalue weighted by Crippen LogP contribution is 2.80. The van der Waals surface area contributed by atoms with Gasteiger partial charge in [-0.2, -0.15) is 0 Å². The first-order chi connectivity index (χ1) is 10.5. The van der Waals surface area contributed by atoms with E-state index in [0.717, 1.165) is 0 Å². The van der Waals surface area contributed by atoms with Gasteiger partial charge in [-0.15, -0.1) is 0 Å². The van der Waals surface area contributed by atoms with Gasteiger partial charge >= 0.3 is 0 Å². The normalized spacial score (nSPS) is 30.0. The van der Waals surface area contributed by atoms with Crippen LogP contribution in [-0.2, 0) is 4.75 Å². The number of halogens is 10. The van der Waals surface area contributed by atoms with Crippen molar-refractivity contribution in [1.29, 1.82) is 0 Å². The number of hydrogen-bond donors (Lipinski definition) is 0. The molecule has 0 N–H and O–H groups in total. The summed E-state index contributed by atoms with van der Waals surface area (Å²) in [4.78, 5) is 0. The molecule has 0 nitrogen and oxygen atoms in total. The van der Waals surface area contributed by atoms with E-state index in [1.807, 2.05) is 0 Å². The van der Waals surface area contributed by atoms with Gasteiger partial charge in [-0.25, -0.2) is 43.9 Å². The van der Waals surface area contributed by atoms with Gasteiger partial charge < -0.3 is 0 Å². The molecule has 0 aromatic heterocycles. The van der Waals surface area contributed by atoms with Crippen molar-refractivity contribution in [3.8, 4) is 0 Å². The number of thioether (sulfide) groups is 1. The van der Waals surface area contributed by atoms with Crippen molar-refractivity contribution in [2.45, 2.75) is 9.75 Å². The van der Waals surface area contributed by atoms with E-state index in [1.54, 1.807) is 0 Å². The Morgan fingerprint density at radius 3 is 1.43 bits per heavy atom. The summed E-state index contributed by atoms with van der Waals surface area (Å²) < 4.78 is 131. The number of rotatable bonds is 1. The minimum absolute atomic E-state index is 0.671. The predicted molar refractivity (Wildman–Crippen MR) is 57.8 cm³/mol. The third kappa shape index (κ3) is 1.60. The van der Waals surface area contributed by atoms with E-state index < -0.39 is 79.5 Å². The Bertz CT molecular complexity index is 799. The van der Waals surface area contributed by atoms with Crippen molar-refractivity contribution in [3.05, 3.63) is 58.0 Å². The zero-order valence-electron chi connectivity index (χ0n) is 10.2. The maximum absolute atomic E-state index is 14.3.